The first kappa shape index (κ1) is 12.4. The van der Waals surface area contributed by atoms with Gasteiger partial charge < -0.3 is 15.0 Å². The first-order valence-corrected chi connectivity index (χ1v) is 5.94. The minimum Gasteiger partial charge on any atom is -0.481 e. The van der Waals surface area contributed by atoms with Crippen LogP contribution < -0.4 is 5.32 Å². The molecule has 4 heteroatoms. The van der Waals surface area contributed by atoms with Crippen molar-refractivity contribution < 1.29 is 4.74 Å². The molecule has 0 aliphatic rings. The van der Waals surface area contributed by atoms with E-state index in [1.165, 1.54) is 5.32 Å². The number of methoxy groups -OCH3 is 1. The van der Waals surface area contributed by atoms with Crippen molar-refractivity contribution in [3.05, 3.63) is 11.2 Å². The molecule has 78 valence electrons. The largest absolute Gasteiger partial charge is 0.481 e. The molecule has 0 saturated carbocycles. The second kappa shape index (κ2) is 6.83. The zero-order valence-electron chi connectivity index (χ0n) is 9.48. The van der Waals surface area contributed by atoms with Gasteiger partial charge in [-0.15, -0.1) is 0 Å². The van der Waals surface area contributed by atoms with Crippen LogP contribution in [0.15, 0.2) is 11.2 Å². The van der Waals surface area contributed by atoms with Gasteiger partial charge in [0.1, 0.15) is 0 Å². The molecule has 0 aromatic heterocycles. The van der Waals surface area contributed by atoms with Gasteiger partial charge in [0, 0.05) is 25.0 Å². The van der Waals surface area contributed by atoms with Gasteiger partial charge in [0.05, 0.1) is 17.4 Å². The molecule has 0 aromatic carbocycles. The van der Waals surface area contributed by atoms with Crippen LogP contribution in [0.4, 0.5) is 0 Å². The molecule has 0 radical (unpaired) electrons. The van der Waals surface area contributed by atoms with Gasteiger partial charge in [-0.25, -0.2) is 0 Å². The lowest BCUT2D eigenvalue weighted by Crippen LogP contribution is -2.28. The van der Waals surface area contributed by atoms with Gasteiger partial charge >= 0.3 is 0 Å². The van der Waals surface area contributed by atoms with Gasteiger partial charge in [-0.1, -0.05) is 0 Å². The van der Waals surface area contributed by atoms with Gasteiger partial charge in [0.2, 0.25) is 5.88 Å². The zero-order chi connectivity index (χ0) is 10.3. The fourth-order valence-electron chi connectivity index (χ4n) is 1.37. The van der Waals surface area contributed by atoms with Crippen molar-refractivity contribution in [1.82, 2.24) is 10.2 Å². The minimum absolute atomic E-state index is 0.965. The normalized spacial score (nSPS) is 12.3. The molecule has 0 aliphatic heterocycles. The lowest BCUT2D eigenvalue weighted by Gasteiger charge is -2.25. The summed E-state index contributed by atoms with van der Waals surface area (Å²) in [6, 6.07) is 0. The summed E-state index contributed by atoms with van der Waals surface area (Å²) in [5, 5.41) is 4.56. The Kier molecular flexibility index (Phi) is 6.49. The van der Waals surface area contributed by atoms with Crippen LogP contribution in [0.5, 0.6) is 0 Å². The van der Waals surface area contributed by atoms with Crippen molar-refractivity contribution in [2.45, 2.75) is 20.8 Å². The molecule has 0 unspecified atom stereocenters. The molecule has 0 heterocycles. The zero-order valence-corrected chi connectivity index (χ0v) is 11.5. The lowest BCUT2D eigenvalue weighted by molar-refractivity contribution is 0.158. The Bertz CT molecular complexity index is 167. The molecule has 0 amide bonds. The maximum absolute atomic E-state index is 5.39. The maximum atomic E-state index is 5.39. The van der Waals surface area contributed by atoms with Gasteiger partial charge in [-0.3, -0.25) is 0 Å². The van der Waals surface area contributed by atoms with E-state index in [0.29, 0.717) is 0 Å². The molecular weight excluding hydrogens is 180 g/mol. The Morgan fingerprint density at radius 1 is 1.31 bits per heavy atom. The molecule has 13 heavy (non-hydrogen) atoms. The molecule has 0 aromatic rings. The van der Waals surface area contributed by atoms with Crippen LogP contribution in [0, 0.1) is 0 Å². The number of ether oxygens (including phenoxy) is 1. The molecule has 1 N–H and O–H groups in total. The molecule has 0 saturated heterocycles. The van der Waals surface area contributed by atoms with Crippen LogP contribution >= 0.6 is 0 Å². The van der Waals surface area contributed by atoms with Gasteiger partial charge in [-0.2, -0.15) is 0 Å². The highest BCUT2D eigenvalue weighted by molar-refractivity contribution is 6.21. The standard InChI is InChI=1S/C9H22N2OSi/c1-5-10-8(13)9(12-4)11(6-2)7-3/h10H,5-7H2,1-4,13H3. The number of nitrogens with one attached hydrogen (secondary N) is 1. The second-order valence-electron chi connectivity index (χ2n) is 2.84. The van der Waals surface area contributed by atoms with Crippen molar-refractivity contribution in [2.24, 2.45) is 0 Å². The fraction of sp³-hybridized carbons (Fsp3) is 0.778. The van der Waals surface area contributed by atoms with Gasteiger partial charge in [0.25, 0.3) is 0 Å². The maximum Gasteiger partial charge on any atom is 0.202 e. The molecule has 3 nitrogen and oxygen atoms in total. The summed E-state index contributed by atoms with van der Waals surface area (Å²) in [6.45, 7) is 9.35. The molecule has 0 aliphatic carbocycles. The van der Waals surface area contributed by atoms with Crippen molar-refractivity contribution in [3.63, 3.8) is 0 Å². The van der Waals surface area contributed by atoms with Crippen LogP contribution in [0.25, 0.3) is 0 Å². The van der Waals surface area contributed by atoms with Crippen LogP contribution in [0.3, 0.4) is 0 Å². The molecule has 0 fully saturated rings. The summed E-state index contributed by atoms with van der Waals surface area (Å²) in [7, 11) is 2.74. The Labute approximate surface area is 84.6 Å². The summed E-state index contributed by atoms with van der Waals surface area (Å²) in [4.78, 5) is 2.23. The smallest absolute Gasteiger partial charge is 0.202 e. The summed E-state index contributed by atoms with van der Waals surface area (Å²) >= 11 is 0. The van der Waals surface area contributed by atoms with E-state index >= 15 is 0 Å². The third kappa shape index (κ3) is 3.72. The van der Waals surface area contributed by atoms with E-state index in [9.17, 15) is 0 Å². The number of hydrogen-bond acceptors (Lipinski definition) is 3. The summed E-state index contributed by atoms with van der Waals surface area (Å²) in [6.07, 6.45) is 0. The molecule has 0 rings (SSSR count). The Morgan fingerprint density at radius 3 is 2.15 bits per heavy atom. The SMILES string of the molecule is CCNC([SiH3])=C(OC)N(CC)CC. The highest BCUT2D eigenvalue weighted by Crippen LogP contribution is 2.06. The Balaban J connectivity index is 4.52. The predicted octanol–water partition coefficient (Wildman–Crippen LogP) is 0.0761. The van der Waals surface area contributed by atoms with Crippen LogP contribution in [-0.4, -0.2) is 41.9 Å². The van der Waals surface area contributed by atoms with E-state index in [4.69, 9.17) is 4.74 Å². The highest BCUT2D eigenvalue weighted by Gasteiger charge is 2.08. The molecular formula is C9H22N2OSi. The van der Waals surface area contributed by atoms with E-state index in [2.05, 4.69) is 31.0 Å². The van der Waals surface area contributed by atoms with E-state index < -0.39 is 0 Å². The quantitative estimate of drug-likeness (QED) is 0.487. The molecule has 0 bridgehead atoms. The van der Waals surface area contributed by atoms with Crippen molar-refractivity contribution >= 4 is 10.2 Å². The van der Waals surface area contributed by atoms with Crippen LogP contribution in [0.1, 0.15) is 20.8 Å². The fourth-order valence-corrected chi connectivity index (χ4v) is 2.24. The summed E-state index contributed by atoms with van der Waals surface area (Å²) in [5.41, 5.74) is 0. The topological polar surface area (TPSA) is 24.5 Å². The van der Waals surface area contributed by atoms with Crippen molar-refractivity contribution in [3.8, 4) is 0 Å². The van der Waals surface area contributed by atoms with E-state index in [1.807, 2.05) is 0 Å². The number of hydrogen-bond donors (Lipinski definition) is 1. The van der Waals surface area contributed by atoms with Crippen molar-refractivity contribution in [1.29, 1.82) is 0 Å². The predicted molar refractivity (Wildman–Crippen MR) is 60.6 cm³/mol. The number of nitrogens with zero attached hydrogens (tertiary/aromatic N) is 1. The van der Waals surface area contributed by atoms with Crippen LogP contribution in [0.2, 0.25) is 0 Å². The van der Waals surface area contributed by atoms with Crippen LogP contribution in [-0.2, 0) is 4.74 Å². The molecule has 0 atom stereocenters. The highest BCUT2D eigenvalue weighted by atomic mass is 28.1. The lowest BCUT2D eigenvalue weighted by atomic mass is 10.5. The Hall–Kier alpha value is -0.643. The van der Waals surface area contributed by atoms with Crippen molar-refractivity contribution in [2.75, 3.05) is 26.7 Å². The van der Waals surface area contributed by atoms with Gasteiger partial charge in [0.15, 0.2) is 0 Å². The average molecular weight is 202 g/mol. The second-order valence-corrected chi connectivity index (χ2v) is 3.84. The average Bonchev–Trinajstić information content (AvgIpc) is 2.14. The summed E-state index contributed by atoms with van der Waals surface area (Å²) < 4.78 is 5.39. The van der Waals surface area contributed by atoms with E-state index in [-0.39, 0.29) is 0 Å². The third-order valence-corrected chi connectivity index (χ3v) is 2.79. The first-order valence-electron chi connectivity index (χ1n) is 4.94. The van der Waals surface area contributed by atoms with Gasteiger partial charge in [-0.05, 0) is 20.8 Å². The third-order valence-electron chi connectivity index (χ3n) is 2.01. The Morgan fingerprint density at radius 2 is 1.85 bits per heavy atom. The summed E-state index contributed by atoms with van der Waals surface area (Å²) in [5.74, 6) is 1.01. The van der Waals surface area contributed by atoms with E-state index in [0.717, 1.165) is 35.8 Å². The molecule has 0 spiro atoms. The monoisotopic (exact) mass is 202 g/mol. The minimum atomic E-state index is 0.965. The van der Waals surface area contributed by atoms with E-state index in [1.54, 1.807) is 7.11 Å². The number of rotatable bonds is 6. The first-order chi connectivity index (χ1) is 6.21.